The molecule has 1 aliphatic carbocycles. The molecule has 0 amide bonds. The van der Waals surface area contributed by atoms with E-state index in [1.165, 1.54) is 19.2 Å². The lowest BCUT2D eigenvalue weighted by molar-refractivity contribution is 0.0666. The summed E-state index contributed by atoms with van der Waals surface area (Å²) in [6.45, 7) is 0. The highest BCUT2D eigenvalue weighted by atomic mass is 19.1. The average Bonchev–Trinajstić information content (AvgIpc) is 3.43. The largest absolute Gasteiger partial charge is 0.497 e. The van der Waals surface area contributed by atoms with Crippen LogP contribution in [0.1, 0.15) is 48.1 Å². The number of hydrogen-bond acceptors (Lipinski definition) is 5. The number of methoxy groups -OCH3 is 1. The Hall–Kier alpha value is -4.84. The molecule has 0 bridgehead atoms. The first-order valence-corrected chi connectivity index (χ1v) is 13.1. The highest BCUT2D eigenvalue weighted by Gasteiger charge is 2.71. The second-order valence-electron chi connectivity index (χ2n) is 10.4. The van der Waals surface area contributed by atoms with E-state index in [1.807, 2.05) is 41.3 Å². The van der Waals surface area contributed by atoms with Crippen LogP contribution in [0.2, 0.25) is 0 Å². The fraction of sp³-hybridized carbons (Fsp3) is 0.147. The molecule has 4 aromatic carbocycles. The molecule has 2 aliphatic heterocycles. The lowest BCUT2D eigenvalue weighted by atomic mass is 9.64. The molecule has 7 rings (SSSR count). The number of Topliss-reactive ketones (excluding diaryl/α,β-unsaturated/α-hetero) is 3. The summed E-state index contributed by atoms with van der Waals surface area (Å²) < 4.78 is 19.6. The van der Waals surface area contributed by atoms with Gasteiger partial charge in [-0.05, 0) is 41.5 Å². The summed E-state index contributed by atoms with van der Waals surface area (Å²) in [6, 6.07) is 25.5. The second kappa shape index (κ2) is 8.85. The number of rotatable bonds is 4. The molecule has 4 aromatic rings. The minimum atomic E-state index is -1.62. The summed E-state index contributed by atoms with van der Waals surface area (Å²) in [6.07, 6.45) is 3.79. The van der Waals surface area contributed by atoms with Gasteiger partial charge in [-0.2, -0.15) is 0 Å². The number of hydrogen-bond donors (Lipinski definition) is 0. The van der Waals surface area contributed by atoms with Gasteiger partial charge in [-0.1, -0.05) is 78.9 Å². The summed E-state index contributed by atoms with van der Waals surface area (Å²) in [5.74, 6) is -1.70. The quantitative estimate of drug-likeness (QED) is 0.234. The zero-order valence-electron chi connectivity index (χ0n) is 21.6. The number of para-hydroxylation sites is 1. The van der Waals surface area contributed by atoms with Gasteiger partial charge in [0.25, 0.3) is 0 Å². The zero-order valence-corrected chi connectivity index (χ0v) is 21.6. The second-order valence-corrected chi connectivity index (χ2v) is 10.4. The Balaban J connectivity index is 1.54. The van der Waals surface area contributed by atoms with Crippen molar-refractivity contribution in [3.63, 3.8) is 0 Å². The van der Waals surface area contributed by atoms with Crippen molar-refractivity contribution in [2.75, 3.05) is 12.0 Å². The smallest absolute Gasteiger partial charge is 0.186 e. The van der Waals surface area contributed by atoms with Crippen molar-refractivity contribution in [1.29, 1.82) is 0 Å². The number of ether oxygens (including phenoxy) is 1. The van der Waals surface area contributed by atoms with Gasteiger partial charge in [-0.15, -0.1) is 0 Å². The van der Waals surface area contributed by atoms with E-state index in [0.717, 1.165) is 11.3 Å². The molecule has 196 valence electrons. The van der Waals surface area contributed by atoms with Gasteiger partial charge in [0.05, 0.1) is 13.2 Å². The fourth-order valence-corrected chi connectivity index (χ4v) is 6.91. The van der Waals surface area contributed by atoms with Crippen LogP contribution in [0.25, 0.3) is 6.08 Å². The molecule has 0 saturated carbocycles. The van der Waals surface area contributed by atoms with Crippen LogP contribution in [0.4, 0.5) is 10.1 Å². The zero-order chi connectivity index (χ0) is 27.6. The highest BCUT2D eigenvalue weighted by Crippen LogP contribution is 2.61. The molecule has 5 nitrogen and oxygen atoms in total. The molecule has 3 aliphatic rings. The monoisotopic (exact) mass is 529 g/mol. The Morgan fingerprint density at radius 1 is 0.850 bits per heavy atom. The number of halogens is 1. The van der Waals surface area contributed by atoms with Crippen molar-refractivity contribution >= 4 is 29.1 Å². The first-order chi connectivity index (χ1) is 19.5. The van der Waals surface area contributed by atoms with E-state index in [4.69, 9.17) is 4.74 Å². The summed E-state index contributed by atoms with van der Waals surface area (Å²) in [5.41, 5.74) is 1.67. The van der Waals surface area contributed by atoms with Gasteiger partial charge in [-0.3, -0.25) is 14.4 Å². The number of nitrogens with zero attached hydrogens (tertiary/aromatic N) is 1. The van der Waals surface area contributed by atoms with Gasteiger partial charge in [0.15, 0.2) is 17.3 Å². The van der Waals surface area contributed by atoms with Gasteiger partial charge >= 0.3 is 0 Å². The van der Waals surface area contributed by atoms with Crippen LogP contribution >= 0.6 is 0 Å². The van der Waals surface area contributed by atoms with Gasteiger partial charge in [0.2, 0.25) is 0 Å². The summed E-state index contributed by atoms with van der Waals surface area (Å²) in [7, 11) is 1.53. The van der Waals surface area contributed by atoms with Crippen molar-refractivity contribution in [3.05, 3.63) is 137 Å². The lowest BCUT2D eigenvalue weighted by Gasteiger charge is -2.37. The van der Waals surface area contributed by atoms with E-state index in [2.05, 4.69) is 0 Å². The average molecular weight is 530 g/mol. The molecule has 3 atom stereocenters. The lowest BCUT2D eigenvalue weighted by Crippen LogP contribution is -2.48. The van der Waals surface area contributed by atoms with Crippen molar-refractivity contribution in [3.8, 4) is 5.75 Å². The molecule has 0 unspecified atom stereocenters. The van der Waals surface area contributed by atoms with Crippen LogP contribution < -0.4 is 9.64 Å². The molecule has 40 heavy (non-hydrogen) atoms. The molecule has 1 saturated heterocycles. The molecule has 1 fully saturated rings. The van der Waals surface area contributed by atoms with Crippen molar-refractivity contribution in [2.24, 2.45) is 5.41 Å². The number of carbonyl (C=O) groups excluding carboxylic acids is 3. The van der Waals surface area contributed by atoms with Gasteiger partial charge < -0.3 is 9.64 Å². The predicted octanol–water partition coefficient (Wildman–Crippen LogP) is 6.15. The number of carbonyl (C=O) groups is 3. The van der Waals surface area contributed by atoms with E-state index in [9.17, 15) is 18.8 Å². The number of fused-ring (bicyclic) bond motifs is 5. The molecule has 0 radical (unpaired) electrons. The topological polar surface area (TPSA) is 63.7 Å². The normalized spacial score (nSPS) is 21.8. The molecule has 1 spiro atoms. The Bertz CT molecular complexity index is 1710. The molecule has 0 aromatic heterocycles. The maximum Gasteiger partial charge on any atom is 0.186 e. The first kappa shape index (κ1) is 24.2. The minimum absolute atomic E-state index is 0.253. The van der Waals surface area contributed by atoms with E-state index < -0.39 is 29.2 Å². The van der Waals surface area contributed by atoms with Crippen LogP contribution in [-0.2, 0) is 0 Å². The highest BCUT2D eigenvalue weighted by molar-refractivity contribution is 6.32. The van der Waals surface area contributed by atoms with Gasteiger partial charge in [0, 0.05) is 28.3 Å². The maximum absolute atomic E-state index is 14.6. The van der Waals surface area contributed by atoms with E-state index in [-0.39, 0.29) is 17.3 Å². The van der Waals surface area contributed by atoms with E-state index in [0.29, 0.717) is 28.0 Å². The summed E-state index contributed by atoms with van der Waals surface area (Å²) in [5, 5.41) is 0. The third kappa shape index (κ3) is 3.16. The number of anilines is 1. The SMILES string of the molecule is COc1cccc(C(=O)[C@@H]2[C@H](c3ccc(F)cc3)C3(C(=O)c4ccccc4C3=O)[C@H]3C=Cc4ccccc4N23)c1. The van der Waals surface area contributed by atoms with E-state index >= 15 is 0 Å². The van der Waals surface area contributed by atoms with Crippen molar-refractivity contribution in [1.82, 2.24) is 0 Å². The van der Waals surface area contributed by atoms with Crippen LogP contribution in [0.5, 0.6) is 5.75 Å². The van der Waals surface area contributed by atoms with Crippen LogP contribution in [0.3, 0.4) is 0 Å². The third-order valence-corrected chi connectivity index (χ3v) is 8.56. The first-order valence-electron chi connectivity index (χ1n) is 13.1. The molecule has 2 heterocycles. The van der Waals surface area contributed by atoms with Crippen LogP contribution in [0.15, 0.2) is 103 Å². The molecule has 0 N–H and O–H groups in total. The third-order valence-electron chi connectivity index (χ3n) is 8.56. The standard InChI is InChI=1S/C34H24FNO4/c1-40-24-9-6-8-22(19-24)31(37)30-29(21-13-16-23(35)17-14-21)34(32(38)25-10-3-4-11-26(25)33(34)39)28-18-15-20-7-2-5-12-27(20)36(28)30/h2-19,28-30H,1H3/t28-,29+,30+/m1/s1. The van der Waals surface area contributed by atoms with Gasteiger partial charge in [0.1, 0.15) is 23.0 Å². The molecule has 6 heteroatoms. The number of ketones is 3. The van der Waals surface area contributed by atoms with Gasteiger partial charge in [-0.25, -0.2) is 4.39 Å². The molecular formula is C34H24FNO4. The Kier molecular flexibility index (Phi) is 5.36. The van der Waals surface area contributed by atoms with Crippen LogP contribution in [-0.4, -0.2) is 36.5 Å². The van der Waals surface area contributed by atoms with Crippen molar-refractivity contribution < 1.29 is 23.5 Å². The van der Waals surface area contributed by atoms with E-state index in [1.54, 1.807) is 60.7 Å². The Morgan fingerprint density at radius 3 is 2.23 bits per heavy atom. The minimum Gasteiger partial charge on any atom is -0.497 e. The number of benzene rings is 4. The Morgan fingerprint density at radius 2 is 1.52 bits per heavy atom. The molecular weight excluding hydrogens is 505 g/mol. The fourth-order valence-electron chi connectivity index (χ4n) is 6.91. The summed E-state index contributed by atoms with van der Waals surface area (Å²) >= 11 is 0. The van der Waals surface area contributed by atoms with Crippen LogP contribution in [0, 0.1) is 11.2 Å². The predicted molar refractivity (Wildman–Crippen MR) is 150 cm³/mol. The Labute approximate surface area is 230 Å². The summed E-state index contributed by atoms with van der Waals surface area (Å²) in [4.78, 5) is 45.7. The van der Waals surface area contributed by atoms with Crippen molar-refractivity contribution in [2.45, 2.75) is 18.0 Å². The maximum atomic E-state index is 14.6.